The van der Waals surface area contributed by atoms with Gasteiger partial charge >= 0.3 is 12.0 Å². The van der Waals surface area contributed by atoms with Crippen LogP contribution in [0.25, 0.3) is 0 Å². The molecule has 17 heavy (non-hydrogen) atoms. The summed E-state index contributed by atoms with van der Waals surface area (Å²) in [6.45, 7) is 3.42. The van der Waals surface area contributed by atoms with Crippen molar-refractivity contribution in [2.75, 3.05) is 6.61 Å². The number of nitrogens with zero attached hydrogens (tertiary/aromatic N) is 2. The molecule has 0 aliphatic rings. The molecular weight excluding hydrogens is 230 g/mol. The van der Waals surface area contributed by atoms with Gasteiger partial charge in [-0.3, -0.25) is 10.1 Å². The van der Waals surface area contributed by atoms with E-state index in [0.717, 1.165) is 6.21 Å². The normalized spacial score (nSPS) is 10.1. The van der Waals surface area contributed by atoms with Crippen molar-refractivity contribution >= 4 is 18.2 Å². The molecule has 8 nitrogen and oxygen atoms in total. The fourth-order valence-electron chi connectivity index (χ4n) is 0.825. The van der Waals surface area contributed by atoms with E-state index in [4.69, 9.17) is 4.42 Å². The van der Waals surface area contributed by atoms with Gasteiger partial charge in [-0.15, -0.1) is 0 Å². The maximum absolute atomic E-state index is 10.9. The van der Waals surface area contributed by atoms with Gasteiger partial charge in [0, 0.05) is 0 Å². The Kier molecular flexibility index (Phi) is 4.43. The Labute approximate surface area is 95.7 Å². The lowest BCUT2D eigenvalue weighted by atomic mass is 10.5. The molecule has 0 aromatic carbocycles. The fourth-order valence-corrected chi connectivity index (χ4v) is 0.825. The lowest BCUT2D eigenvalue weighted by molar-refractivity contribution is -0.402. The van der Waals surface area contributed by atoms with Gasteiger partial charge in [-0.05, 0) is 6.07 Å². The summed E-state index contributed by atoms with van der Waals surface area (Å²) in [5, 5.41) is 13.7. The van der Waals surface area contributed by atoms with Crippen molar-refractivity contribution in [3.05, 3.63) is 40.7 Å². The van der Waals surface area contributed by atoms with Gasteiger partial charge in [0.05, 0.1) is 12.3 Å². The number of nitrogens with one attached hydrogen (secondary N) is 1. The number of carbonyl (C=O) groups excluding carboxylic acids is 1. The first kappa shape index (κ1) is 12.4. The van der Waals surface area contributed by atoms with Crippen molar-refractivity contribution in [2.24, 2.45) is 5.10 Å². The number of hydrazone groups is 1. The molecule has 0 aliphatic carbocycles. The smallest absolute Gasteiger partial charge is 0.433 e. The first-order valence-electron chi connectivity index (χ1n) is 4.44. The second-order valence-corrected chi connectivity index (χ2v) is 2.69. The van der Waals surface area contributed by atoms with Crippen LogP contribution in [0.1, 0.15) is 5.76 Å². The van der Waals surface area contributed by atoms with Crippen molar-refractivity contribution in [3.8, 4) is 0 Å². The van der Waals surface area contributed by atoms with Crippen LogP contribution >= 0.6 is 0 Å². The van der Waals surface area contributed by atoms with E-state index < -0.39 is 16.9 Å². The standard InChI is InChI=1S/C9H9N3O5/c1-2-5-16-9(13)11-10-6-7-3-4-8(17-7)12(14)15/h2-4,6H,1,5H2,(H,11,13)/b10-6+. The van der Waals surface area contributed by atoms with Crippen molar-refractivity contribution in [3.63, 3.8) is 0 Å². The van der Waals surface area contributed by atoms with Gasteiger partial charge in [0.15, 0.2) is 5.76 Å². The van der Waals surface area contributed by atoms with Crippen LogP contribution in [0.3, 0.4) is 0 Å². The summed E-state index contributed by atoms with van der Waals surface area (Å²) in [4.78, 5) is 20.5. The number of hydrogen-bond donors (Lipinski definition) is 1. The highest BCUT2D eigenvalue weighted by Gasteiger charge is 2.10. The van der Waals surface area contributed by atoms with Crippen molar-refractivity contribution in [1.82, 2.24) is 5.43 Å². The van der Waals surface area contributed by atoms with Crippen LogP contribution in [0.5, 0.6) is 0 Å². The average Bonchev–Trinajstić information content (AvgIpc) is 2.75. The Balaban J connectivity index is 2.44. The molecule has 1 amide bonds. The number of rotatable bonds is 5. The predicted octanol–water partition coefficient (Wildman–Crippen LogP) is 1.43. The van der Waals surface area contributed by atoms with E-state index in [0.29, 0.717) is 0 Å². The van der Waals surface area contributed by atoms with Gasteiger partial charge in [0.1, 0.15) is 11.5 Å². The molecule has 0 fully saturated rings. The largest absolute Gasteiger partial charge is 0.444 e. The monoisotopic (exact) mass is 239 g/mol. The van der Waals surface area contributed by atoms with Crippen LogP contribution < -0.4 is 5.43 Å². The van der Waals surface area contributed by atoms with Crippen LogP contribution in [-0.2, 0) is 4.74 Å². The third kappa shape index (κ3) is 4.16. The van der Waals surface area contributed by atoms with Crippen LogP contribution in [-0.4, -0.2) is 23.8 Å². The number of amides is 1. The quantitative estimate of drug-likeness (QED) is 0.362. The summed E-state index contributed by atoms with van der Waals surface area (Å²) < 4.78 is 9.30. The molecule has 8 heteroatoms. The van der Waals surface area contributed by atoms with Gasteiger partial charge in [0.25, 0.3) is 0 Å². The Morgan fingerprint density at radius 2 is 2.47 bits per heavy atom. The Morgan fingerprint density at radius 1 is 1.71 bits per heavy atom. The highest BCUT2D eigenvalue weighted by atomic mass is 16.6. The molecule has 1 N–H and O–H groups in total. The second kappa shape index (κ2) is 6.05. The van der Waals surface area contributed by atoms with E-state index >= 15 is 0 Å². The van der Waals surface area contributed by atoms with E-state index in [9.17, 15) is 14.9 Å². The molecule has 1 heterocycles. The van der Waals surface area contributed by atoms with Crippen LogP contribution in [0, 0.1) is 10.1 Å². The molecule has 0 unspecified atom stereocenters. The predicted molar refractivity (Wildman–Crippen MR) is 57.6 cm³/mol. The molecule has 1 aromatic rings. The lowest BCUT2D eigenvalue weighted by Crippen LogP contribution is -2.18. The molecule has 0 saturated heterocycles. The summed E-state index contributed by atoms with van der Waals surface area (Å²) >= 11 is 0. The number of furan rings is 1. The molecule has 1 rings (SSSR count). The molecule has 0 saturated carbocycles. The Hall–Kier alpha value is -2.64. The molecule has 90 valence electrons. The van der Waals surface area contributed by atoms with Gasteiger partial charge in [0.2, 0.25) is 0 Å². The lowest BCUT2D eigenvalue weighted by Gasteiger charge is -1.98. The van der Waals surface area contributed by atoms with Crippen molar-refractivity contribution in [2.45, 2.75) is 0 Å². The zero-order chi connectivity index (χ0) is 12.7. The fraction of sp³-hybridized carbons (Fsp3) is 0.111. The molecule has 0 atom stereocenters. The third-order valence-electron chi connectivity index (χ3n) is 1.47. The highest BCUT2D eigenvalue weighted by molar-refractivity contribution is 5.78. The molecule has 0 spiro atoms. The minimum Gasteiger partial charge on any atom is -0.444 e. The van der Waals surface area contributed by atoms with Crippen LogP contribution in [0.15, 0.2) is 34.3 Å². The zero-order valence-corrected chi connectivity index (χ0v) is 8.66. The SMILES string of the molecule is C=CCOC(=O)N/N=C/c1ccc([N+](=O)[O-])o1. The Morgan fingerprint density at radius 3 is 3.06 bits per heavy atom. The number of nitro groups is 1. The summed E-state index contributed by atoms with van der Waals surface area (Å²) in [7, 11) is 0. The number of ether oxygens (including phenoxy) is 1. The van der Waals surface area contributed by atoms with E-state index in [-0.39, 0.29) is 12.4 Å². The molecule has 0 bridgehead atoms. The summed E-state index contributed by atoms with van der Waals surface area (Å²) in [6, 6.07) is 2.52. The van der Waals surface area contributed by atoms with Crippen LogP contribution in [0.2, 0.25) is 0 Å². The first-order valence-corrected chi connectivity index (χ1v) is 4.44. The van der Waals surface area contributed by atoms with Gasteiger partial charge in [-0.25, -0.2) is 10.2 Å². The number of carbonyl (C=O) groups is 1. The maximum Gasteiger partial charge on any atom is 0.433 e. The molecule has 0 radical (unpaired) electrons. The van der Waals surface area contributed by atoms with Gasteiger partial charge < -0.3 is 9.15 Å². The highest BCUT2D eigenvalue weighted by Crippen LogP contribution is 2.13. The van der Waals surface area contributed by atoms with Crippen LogP contribution in [0.4, 0.5) is 10.7 Å². The number of hydrogen-bond acceptors (Lipinski definition) is 6. The summed E-state index contributed by atoms with van der Waals surface area (Å²) in [5.74, 6) is -0.263. The topological polar surface area (TPSA) is 107 Å². The van der Waals surface area contributed by atoms with E-state index in [1.54, 1.807) is 0 Å². The Bertz CT molecular complexity index is 451. The first-order chi connectivity index (χ1) is 8.13. The van der Waals surface area contributed by atoms with E-state index in [1.807, 2.05) is 5.43 Å². The van der Waals surface area contributed by atoms with Gasteiger partial charge in [-0.2, -0.15) is 5.10 Å². The summed E-state index contributed by atoms with van der Waals surface area (Å²) in [5.41, 5.74) is 2.04. The second-order valence-electron chi connectivity index (χ2n) is 2.69. The summed E-state index contributed by atoms with van der Waals surface area (Å²) in [6.07, 6.45) is 1.75. The van der Waals surface area contributed by atoms with E-state index in [1.165, 1.54) is 18.2 Å². The van der Waals surface area contributed by atoms with Crippen molar-refractivity contribution < 1.29 is 18.9 Å². The zero-order valence-electron chi connectivity index (χ0n) is 8.66. The van der Waals surface area contributed by atoms with Gasteiger partial charge in [-0.1, -0.05) is 12.7 Å². The average molecular weight is 239 g/mol. The minimum atomic E-state index is -0.762. The molecule has 0 aliphatic heterocycles. The minimum absolute atomic E-state index is 0.0631. The maximum atomic E-state index is 10.9. The molecule has 1 aromatic heterocycles. The van der Waals surface area contributed by atoms with Crippen molar-refractivity contribution in [1.29, 1.82) is 0 Å². The van der Waals surface area contributed by atoms with E-state index in [2.05, 4.69) is 16.4 Å². The molecular formula is C9H9N3O5. The third-order valence-corrected chi connectivity index (χ3v) is 1.47.